The van der Waals surface area contributed by atoms with Crippen molar-refractivity contribution in [2.24, 2.45) is 0 Å². The minimum Gasteiger partial charge on any atom is -0.356 e. The first-order chi connectivity index (χ1) is 11.5. The lowest BCUT2D eigenvalue weighted by Crippen LogP contribution is -2.27. The van der Waals surface area contributed by atoms with Gasteiger partial charge in [0.15, 0.2) is 0 Å². The molecule has 0 bridgehead atoms. The molecule has 128 valence electrons. The number of hydrogen-bond acceptors (Lipinski definition) is 3. The SMILES string of the molecule is CS(=O)(=O)CCC(=O)NCCC(c1ccccc1)c1ccccc1. The highest BCUT2D eigenvalue weighted by Gasteiger charge is 2.14. The number of nitrogens with one attached hydrogen (secondary N) is 1. The summed E-state index contributed by atoms with van der Waals surface area (Å²) in [6.45, 7) is 0.511. The van der Waals surface area contributed by atoms with Crippen LogP contribution in [0.2, 0.25) is 0 Å². The summed E-state index contributed by atoms with van der Waals surface area (Å²) in [6, 6.07) is 20.4. The molecule has 0 unspecified atom stereocenters. The second-order valence-corrected chi connectivity index (χ2v) is 8.15. The quantitative estimate of drug-likeness (QED) is 0.800. The fourth-order valence-electron chi connectivity index (χ4n) is 2.62. The van der Waals surface area contributed by atoms with Gasteiger partial charge in [0.05, 0.1) is 5.75 Å². The Hall–Kier alpha value is -2.14. The van der Waals surface area contributed by atoms with Crippen molar-refractivity contribution in [1.29, 1.82) is 0 Å². The zero-order valence-corrected chi connectivity index (χ0v) is 14.6. The number of sulfone groups is 1. The van der Waals surface area contributed by atoms with Gasteiger partial charge < -0.3 is 5.32 Å². The molecule has 0 spiro atoms. The minimum atomic E-state index is -3.11. The van der Waals surface area contributed by atoms with E-state index in [2.05, 4.69) is 29.6 Å². The van der Waals surface area contributed by atoms with Gasteiger partial charge in [0.2, 0.25) is 5.91 Å². The highest BCUT2D eigenvalue weighted by Crippen LogP contribution is 2.27. The lowest BCUT2D eigenvalue weighted by Gasteiger charge is -2.18. The van der Waals surface area contributed by atoms with Crippen molar-refractivity contribution < 1.29 is 13.2 Å². The molecule has 0 aliphatic rings. The highest BCUT2D eigenvalue weighted by molar-refractivity contribution is 7.90. The third-order valence-electron chi connectivity index (χ3n) is 3.86. The van der Waals surface area contributed by atoms with Gasteiger partial charge in [0, 0.05) is 25.1 Å². The van der Waals surface area contributed by atoms with Gasteiger partial charge in [-0.15, -0.1) is 0 Å². The maximum absolute atomic E-state index is 11.8. The summed E-state index contributed by atoms with van der Waals surface area (Å²) in [5.41, 5.74) is 2.41. The summed E-state index contributed by atoms with van der Waals surface area (Å²) in [6.07, 6.45) is 1.92. The molecule has 0 aromatic heterocycles. The van der Waals surface area contributed by atoms with Gasteiger partial charge in [-0.05, 0) is 17.5 Å². The molecule has 0 heterocycles. The smallest absolute Gasteiger partial charge is 0.221 e. The average molecular weight is 345 g/mol. The van der Waals surface area contributed by atoms with Gasteiger partial charge in [-0.3, -0.25) is 4.79 Å². The van der Waals surface area contributed by atoms with Crippen LogP contribution in [0.5, 0.6) is 0 Å². The summed E-state index contributed by atoms with van der Waals surface area (Å²) >= 11 is 0. The van der Waals surface area contributed by atoms with Crippen LogP contribution in [-0.2, 0) is 14.6 Å². The molecule has 2 rings (SSSR count). The van der Waals surface area contributed by atoms with Crippen LogP contribution in [0, 0.1) is 0 Å². The van der Waals surface area contributed by atoms with Gasteiger partial charge in [0.25, 0.3) is 0 Å². The molecular weight excluding hydrogens is 322 g/mol. The largest absolute Gasteiger partial charge is 0.356 e. The first kappa shape index (κ1) is 18.2. The molecule has 0 saturated carbocycles. The van der Waals surface area contributed by atoms with Crippen molar-refractivity contribution in [2.75, 3.05) is 18.6 Å². The molecule has 1 N–H and O–H groups in total. The van der Waals surface area contributed by atoms with Gasteiger partial charge in [0.1, 0.15) is 9.84 Å². The van der Waals surface area contributed by atoms with Crippen molar-refractivity contribution in [3.8, 4) is 0 Å². The third kappa shape index (κ3) is 6.16. The maximum Gasteiger partial charge on any atom is 0.221 e. The number of rotatable bonds is 8. The lowest BCUT2D eigenvalue weighted by molar-refractivity contribution is -0.120. The van der Waals surface area contributed by atoms with Crippen molar-refractivity contribution in [2.45, 2.75) is 18.8 Å². The molecule has 0 atom stereocenters. The van der Waals surface area contributed by atoms with Crippen LogP contribution in [0.15, 0.2) is 60.7 Å². The summed E-state index contributed by atoms with van der Waals surface area (Å²) in [4.78, 5) is 11.8. The van der Waals surface area contributed by atoms with E-state index in [-0.39, 0.29) is 24.0 Å². The molecule has 0 aliphatic heterocycles. The molecular formula is C19H23NO3S. The zero-order valence-electron chi connectivity index (χ0n) is 13.8. The molecule has 0 aliphatic carbocycles. The number of carbonyl (C=O) groups excluding carboxylic acids is 1. The average Bonchev–Trinajstić information content (AvgIpc) is 2.58. The van der Waals surface area contributed by atoms with E-state index in [4.69, 9.17) is 0 Å². The third-order valence-corrected chi connectivity index (χ3v) is 4.80. The molecule has 0 radical (unpaired) electrons. The Bertz CT molecular complexity index is 703. The van der Waals surface area contributed by atoms with Crippen LogP contribution >= 0.6 is 0 Å². The van der Waals surface area contributed by atoms with Crippen LogP contribution in [-0.4, -0.2) is 32.9 Å². The Morgan fingerprint density at radius 1 is 0.958 bits per heavy atom. The predicted molar refractivity (Wildman–Crippen MR) is 96.7 cm³/mol. The standard InChI is InChI=1S/C19H23NO3S/c1-24(22,23)15-13-19(21)20-14-12-18(16-8-4-2-5-9-16)17-10-6-3-7-11-17/h2-11,18H,12-15H2,1H3,(H,20,21). The van der Waals surface area contributed by atoms with E-state index in [0.717, 1.165) is 12.7 Å². The minimum absolute atomic E-state index is 0.0141. The Balaban J connectivity index is 1.96. The molecule has 0 saturated heterocycles. The van der Waals surface area contributed by atoms with Crippen LogP contribution in [0.3, 0.4) is 0 Å². The van der Waals surface area contributed by atoms with E-state index >= 15 is 0 Å². The van der Waals surface area contributed by atoms with E-state index in [1.54, 1.807) is 0 Å². The van der Waals surface area contributed by atoms with Crippen LogP contribution < -0.4 is 5.32 Å². The number of amides is 1. The molecule has 5 heteroatoms. The summed E-state index contributed by atoms with van der Waals surface area (Å²) in [5, 5.41) is 2.82. The predicted octanol–water partition coefficient (Wildman–Crippen LogP) is 2.76. The van der Waals surface area contributed by atoms with Crippen molar-refractivity contribution in [3.05, 3.63) is 71.8 Å². The number of benzene rings is 2. The van der Waals surface area contributed by atoms with Gasteiger partial charge in [-0.25, -0.2) is 8.42 Å². The van der Waals surface area contributed by atoms with E-state index in [1.807, 2.05) is 36.4 Å². The Morgan fingerprint density at radius 3 is 1.92 bits per heavy atom. The molecule has 2 aromatic rings. The first-order valence-corrected chi connectivity index (χ1v) is 10.1. The molecule has 1 amide bonds. The van der Waals surface area contributed by atoms with Crippen molar-refractivity contribution in [1.82, 2.24) is 5.32 Å². The number of carbonyl (C=O) groups is 1. The molecule has 0 fully saturated rings. The first-order valence-electron chi connectivity index (χ1n) is 8.00. The number of hydrogen-bond donors (Lipinski definition) is 1. The van der Waals surface area contributed by atoms with Crippen molar-refractivity contribution in [3.63, 3.8) is 0 Å². The normalized spacial score (nSPS) is 11.4. The maximum atomic E-state index is 11.8. The fourth-order valence-corrected chi connectivity index (χ4v) is 3.18. The highest BCUT2D eigenvalue weighted by atomic mass is 32.2. The van der Waals surface area contributed by atoms with E-state index < -0.39 is 9.84 Å². The Labute approximate surface area is 143 Å². The van der Waals surface area contributed by atoms with E-state index in [1.165, 1.54) is 11.1 Å². The molecule has 4 nitrogen and oxygen atoms in total. The lowest BCUT2D eigenvalue weighted by atomic mass is 9.88. The summed E-state index contributed by atoms with van der Waals surface area (Å²) in [5.74, 6) is -0.137. The second kappa shape index (κ2) is 8.64. The van der Waals surface area contributed by atoms with Crippen LogP contribution in [0.25, 0.3) is 0 Å². The fraction of sp³-hybridized carbons (Fsp3) is 0.316. The molecule has 2 aromatic carbocycles. The monoisotopic (exact) mass is 345 g/mol. The Morgan fingerprint density at radius 2 is 1.46 bits per heavy atom. The summed E-state index contributed by atoms with van der Waals surface area (Å²) < 4.78 is 22.2. The molecule has 24 heavy (non-hydrogen) atoms. The summed E-state index contributed by atoms with van der Waals surface area (Å²) in [7, 11) is -3.11. The van der Waals surface area contributed by atoms with Gasteiger partial charge in [-0.1, -0.05) is 60.7 Å². The van der Waals surface area contributed by atoms with E-state index in [9.17, 15) is 13.2 Å². The van der Waals surface area contributed by atoms with Crippen LogP contribution in [0.4, 0.5) is 0 Å². The van der Waals surface area contributed by atoms with E-state index in [0.29, 0.717) is 6.54 Å². The van der Waals surface area contributed by atoms with Crippen molar-refractivity contribution >= 4 is 15.7 Å². The zero-order chi connectivity index (χ0) is 17.4. The Kier molecular flexibility index (Phi) is 6.55. The second-order valence-electron chi connectivity index (χ2n) is 5.89. The van der Waals surface area contributed by atoms with Crippen LogP contribution in [0.1, 0.15) is 29.9 Å². The van der Waals surface area contributed by atoms with Gasteiger partial charge >= 0.3 is 0 Å². The topological polar surface area (TPSA) is 63.2 Å². The van der Waals surface area contributed by atoms with Gasteiger partial charge in [-0.2, -0.15) is 0 Å².